The van der Waals surface area contributed by atoms with E-state index in [1.807, 2.05) is 0 Å². The molecule has 1 heterocycles. The van der Waals surface area contributed by atoms with Crippen LogP contribution in [0.5, 0.6) is 0 Å². The van der Waals surface area contributed by atoms with E-state index < -0.39 is 11.4 Å². The summed E-state index contributed by atoms with van der Waals surface area (Å²) in [6.45, 7) is 1.80. The van der Waals surface area contributed by atoms with Gasteiger partial charge in [0.1, 0.15) is 5.69 Å². The molecule has 1 aromatic heterocycles. The van der Waals surface area contributed by atoms with E-state index in [0.29, 0.717) is 29.6 Å². The van der Waals surface area contributed by atoms with Gasteiger partial charge >= 0.3 is 5.97 Å². The second-order valence-corrected chi connectivity index (χ2v) is 7.83. The van der Waals surface area contributed by atoms with Gasteiger partial charge in [-0.15, -0.1) is 0 Å². The number of carbonyl (C=O) groups excluding carboxylic acids is 1. The van der Waals surface area contributed by atoms with Crippen molar-refractivity contribution in [3.63, 3.8) is 0 Å². The van der Waals surface area contributed by atoms with Crippen LogP contribution in [-0.4, -0.2) is 32.5 Å². The molecule has 0 aromatic carbocycles. The third-order valence-corrected chi connectivity index (χ3v) is 5.88. The van der Waals surface area contributed by atoms with Gasteiger partial charge in [-0.25, -0.2) is 4.98 Å². The minimum atomic E-state index is -0.694. The number of amides is 1. The summed E-state index contributed by atoms with van der Waals surface area (Å²) in [6.07, 6.45) is 8.05. The first-order chi connectivity index (χ1) is 10.9. The van der Waals surface area contributed by atoms with E-state index in [0.717, 1.165) is 32.1 Å². The Morgan fingerprint density at radius 3 is 2.52 bits per heavy atom. The van der Waals surface area contributed by atoms with E-state index in [-0.39, 0.29) is 11.4 Å². The molecule has 0 saturated heterocycles. The molecule has 1 aromatic rings. The van der Waals surface area contributed by atoms with Crippen LogP contribution >= 0.6 is 0 Å². The Labute approximate surface area is 134 Å². The minimum absolute atomic E-state index is 0.233. The molecule has 1 amide bonds. The quantitative estimate of drug-likeness (QED) is 0.889. The Kier molecular flexibility index (Phi) is 3.02. The van der Waals surface area contributed by atoms with Gasteiger partial charge in [0, 0.05) is 11.7 Å². The molecule has 0 spiro atoms. The highest BCUT2D eigenvalue weighted by atomic mass is 16.4. The van der Waals surface area contributed by atoms with Crippen molar-refractivity contribution in [2.45, 2.75) is 51.0 Å². The lowest BCUT2D eigenvalue weighted by molar-refractivity contribution is -0.167. The summed E-state index contributed by atoms with van der Waals surface area (Å²) in [5.74, 6) is -0.100. The summed E-state index contributed by atoms with van der Waals surface area (Å²) >= 11 is 0. The molecule has 0 radical (unpaired) electrons. The lowest BCUT2D eigenvalue weighted by Crippen LogP contribution is -2.64. The van der Waals surface area contributed by atoms with E-state index in [9.17, 15) is 14.7 Å². The lowest BCUT2D eigenvalue weighted by Gasteiger charge is -2.60. The molecule has 5 rings (SSSR count). The molecule has 122 valence electrons. The summed E-state index contributed by atoms with van der Waals surface area (Å²) in [5.41, 5.74) is -0.0176. The number of hydrogen-bond donors (Lipinski definition) is 2. The number of hydrogen-bond acceptors (Lipinski definition) is 4. The third kappa shape index (κ3) is 2.31. The predicted octanol–water partition coefficient (Wildman–Crippen LogP) is 1.94. The van der Waals surface area contributed by atoms with Gasteiger partial charge < -0.3 is 10.4 Å². The molecule has 2 atom stereocenters. The number of carboxylic acids is 1. The normalized spacial score (nSPS) is 37.6. The highest BCUT2D eigenvalue weighted by molar-refractivity contribution is 5.92. The number of nitrogens with one attached hydrogen (secondary N) is 1. The fourth-order valence-corrected chi connectivity index (χ4v) is 5.54. The smallest absolute Gasteiger partial charge is 0.309 e. The largest absolute Gasteiger partial charge is 0.481 e. The van der Waals surface area contributed by atoms with E-state index in [1.54, 1.807) is 13.1 Å². The number of nitrogens with zero attached hydrogens (tertiary/aromatic N) is 2. The van der Waals surface area contributed by atoms with Crippen molar-refractivity contribution in [1.82, 2.24) is 15.3 Å². The molecule has 4 fully saturated rings. The highest BCUT2D eigenvalue weighted by Crippen LogP contribution is 2.61. The SMILES string of the molecule is Cc1cncc(C(=O)NC23CC4CC(C2)CC(C(=O)O)(C4)C3)n1. The van der Waals surface area contributed by atoms with Crippen molar-refractivity contribution in [3.8, 4) is 0 Å². The molecule has 0 aliphatic heterocycles. The Morgan fingerprint density at radius 1 is 1.22 bits per heavy atom. The fourth-order valence-electron chi connectivity index (χ4n) is 5.54. The topological polar surface area (TPSA) is 92.2 Å². The Morgan fingerprint density at radius 2 is 1.91 bits per heavy atom. The molecule has 23 heavy (non-hydrogen) atoms. The lowest BCUT2D eigenvalue weighted by atomic mass is 9.47. The molecule has 2 unspecified atom stereocenters. The van der Waals surface area contributed by atoms with Crippen LogP contribution in [0, 0.1) is 24.2 Å². The summed E-state index contributed by atoms with van der Waals surface area (Å²) in [4.78, 5) is 32.7. The fraction of sp³-hybridized carbons (Fsp3) is 0.647. The van der Waals surface area contributed by atoms with Crippen LogP contribution in [-0.2, 0) is 4.79 Å². The third-order valence-electron chi connectivity index (χ3n) is 5.88. The maximum absolute atomic E-state index is 12.6. The molecule has 4 bridgehead atoms. The second-order valence-electron chi connectivity index (χ2n) is 7.83. The summed E-state index contributed by atoms with van der Waals surface area (Å²) in [7, 11) is 0. The molecule has 6 nitrogen and oxygen atoms in total. The van der Waals surface area contributed by atoms with E-state index in [2.05, 4.69) is 15.3 Å². The minimum Gasteiger partial charge on any atom is -0.481 e. The average molecular weight is 315 g/mol. The van der Waals surface area contributed by atoms with Crippen LogP contribution in [0.3, 0.4) is 0 Å². The highest BCUT2D eigenvalue weighted by Gasteiger charge is 2.61. The maximum atomic E-state index is 12.6. The summed E-state index contributed by atoms with van der Waals surface area (Å²) < 4.78 is 0. The van der Waals surface area contributed by atoms with Crippen LogP contribution in [0.15, 0.2) is 12.4 Å². The van der Waals surface area contributed by atoms with Crippen LogP contribution in [0.25, 0.3) is 0 Å². The molecule has 4 aliphatic carbocycles. The van der Waals surface area contributed by atoms with Gasteiger partial charge in [0.25, 0.3) is 5.91 Å². The standard InChI is InChI=1S/C17H21N3O3/c1-10-7-18-8-13(19-10)14(21)20-17-5-11-2-12(6-17)4-16(3-11,9-17)15(22)23/h7-8,11-12H,2-6,9H2,1H3,(H,20,21)(H,22,23). The monoisotopic (exact) mass is 315 g/mol. The van der Waals surface area contributed by atoms with Gasteiger partial charge in [-0.05, 0) is 57.3 Å². The second kappa shape index (κ2) is 4.76. The zero-order valence-electron chi connectivity index (χ0n) is 13.2. The Hall–Kier alpha value is -1.98. The predicted molar refractivity (Wildman–Crippen MR) is 81.7 cm³/mol. The van der Waals surface area contributed by atoms with Gasteiger partial charge in [-0.3, -0.25) is 14.6 Å². The van der Waals surface area contributed by atoms with E-state index >= 15 is 0 Å². The maximum Gasteiger partial charge on any atom is 0.309 e. The van der Waals surface area contributed by atoms with Gasteiger partial charge in [-0.2, -0.15) is 0 Å². The first-order valence-corrected chi connectivity index (χ1v) is 8.24. The number of aliphatic carboxylic acids is 1. The molecule has 2 N–H and O–H groups in total. The van der Waals surface area contributed by atoms with Crippen molar-refractivity contribution in [2.24, 2.45) is 17.3 Å². The van der Waals surface area contributed by atoms with E-state index in [4.69, 9.17) is 0 Å². The first-order valence-electron chi connectivity index (χ1n) is 8.24. The van der Waals surface area contributed by atoms with Gasteiger partial charge in [-0.1, -0.05) is 0 Å². The first kappa shape index (κ1) is 14.6. The molecule has 4 saturated carbocycles. The van der Waals surface area contributed by atoms with Gasteiger partial charge in [0.2, 0.25) is 0 Å². The van der Waals surface area contributed by atoms with Crippen LogP contribution in [0.2, 0.25) is 0 Å². The van der Waals surface area contributed by atoms with Crippen LogP contribution < -0.4 is 5.32 Å². The zero-order chi connectivity index (χ0) is 16.2. The van der Waals surface area contributed by atoms with Crippen LogP contribution in [0.1, 0.15) is 54.7 Å². The number of aromatic nitrogens is 2. The van der Waals surface area contributed by atoms with Crippen molar-refractivity contribution >= 4 is 11.9 Å². The number of aryl methyl sites for hydroxylation is 1. The van der Waals surface area contributed by atoms with Gasteiger partial charge in [0.15, 0.2) is 0 Å². The zero-order valence-corrected chi connectivity index (χ0v) is 13.2. The Balaban J connectivity index is 1.61. The molecular formula is C17H21N3O3. The number of carboxylic acid groups (broad SMARTS) is 1. The van der Waals surface area contributed by atoms with Crippen LogP contribution in [0.4, 0.5) is 0 Å². The Bertz CT molecular complexity index is 673. The molecule has 6 heteroatoms. The molecule has 4 aliphatic rings. The van der Waals surface area contributed by atoms with Crippen molar-refractivity contribution in [3.05, 3.63) is 23.8 Å². The average Bonchev–Trinajstić information content (AvgIpc) is 2.45. The molecular weight excluding hydrogens is 294 g/mol. The van der Waals surface area contributed by atoms with E-state index in [1.165, 1.54) is 6.20 Å². The van der Waals surface area contributed by atoms with Crippen molar-refractivity contribution in [2.75, 3.05) is 0 Å². The number of carbonyl (C=O) groups is 2. The van der Waals surface area contributed by atoms with Gasteiger partial charge in [0.05, 0.1) is 17.3 Å². The summed E-state index contributed by atoms with van der Waals surface area (Å²) in [6, 6.07) is 0. The van der Waals surface area contributed by atoms with Crippen molar-refractivity contribution in [1.29, 1.82) is 0 Å². The van der Waals surface area contributed by atoms with Crippen molar-refractivity contribution < 1.29 is 14.7 Å². The summed E-state index contributed by atoms with van der Waals surface area (Å²) in [5, 5.41) is 12.9. The number of rotatable bonds is 3.